The number of carbonyl (C=O) groups is 1. The van der Waals surface area contributed by atoms with Gasteiger partial charge in [0.1, 0.15) is 0 Å². The Bertz CT molecular complexity index is 833. The van der Waals surface area contributed by atoms with Gasteiger partial charge in [0, 0.05) is 36.8 Å². The molecule has 0 aromatic heterocycles. The van der Waals surface area contributed by atoms with E-state index in [1.165, 1.54) is 28.6 Å². The fourth-order valence-electron chi connectivity index (χ4n) is 3.42. The van der Waals surface area contributed by atoms with E-state index in [1.54, 1.807) is 14.2 Å². The van der Waals surface area contributed by atoms with Gasteiger partial charge in [-0.05, 0) is 49.2 Å². The molecule has 0 atom stereocenters. The molecule has 0 saturated carbocycles. The number of piperazine rings is 1. The lowest BCUT2D eigenvalue weighted by molar-refractivity contribution is -0.128. The van der Waals surface area contributed by atoms with Crippen LogP contribution in [-0.4, -0.2) is 57.0 Å². The monoisotopic (exact) mass is 400 g/mol. The lowest BCUT2D eigenvalue weighted by Crippen LogP contribution is -2.49. The van der Waals surface area contributed by atoms with Gasteiger partial charge in [0.2, 0.25) is 5.91 Å². The summed E-state index contributed by atoms with van der Waals surface area (Å²) < 4.78 is 10.6. The smallest absolute Gasteiger partial charge is 0.233 e. The number of rotatable bonds is 6. The van der Waals surface area contributed by atoms with Gasteiger partial charge < -0.3 is 19.3 Å². The Kier molecular flexibility index (Phi) is 6.73. The Morgan fingerprint density at radius 3 is 2.39 bits per heavy atom. The van der Waals surface area contributed by atoms with Gasteiger partial charge in [-0.3, -0.25) is 4.79 Å². The Morgan fingerprint density at radius 2 is 1.71 bits per heavy atom. The van der Waals surface area contributed by atoms with Gasteiger partial charge >= 0.3 is 0 Å². The van der Waals surface area contributed by atoms with Crippen LogP contribution >= 0.6 is 11.8 Å². The van der Waals surface area contributed by atoms with E-state index in [0.717, 1.165) is 31.1 Å². The van der Waals surface area contributed by atoms with E-state index in [-0.39, 0.29) is 5.91 Å². The quantitative estimate of drug-likeness (QED) is 0.691. The number of amides is 1. The average Bonchev–Trinajstić information content (AvgIpc) is 2.73. The third-order valence-electron chi connectivity index (χ3n) is 5.27. The van der Waals surface area contributed by atoms with E-state index in [0.29, 0.717) is 17.3 Å². The molecule has 2 aromatic rings. The van der Waals surface area contributed by atoms with Gasteiger partial charge in [-0.25, -0.2) is 0 Å². The molecule has 1 fully saturated rings. The number of ether oxygens (including phenoxy) is 2. The molecule has 1 saturated heterocycles. The van der Waals surface area contributed by atoms with E-state index >= 15 is 0 Å². The summed E-state index contributed by atoms with van der Waals surface area (Å²) in [5, 5.41) is 0. The number of hydrogen-bond acceptors (Lipinski definition) is 5. The van der Waals surface area contributed by atoms with Crippen LogP contribution in [-0.2, 0) is 4.79 Å². The molecule has 0 radical (unpaired) electrons. The molecule has 1 aliphatic heterocycles. The summed E-state index contributed by atoms with van der Waals surface area (Å²) in [5.74, 6) is 1.99. The van der Waals surface area contributed by atoms with Crippen LogP contribution in [0.1, 0.15) is 11.1 Å². The summed E-state index contributed by atoms with van der Waals surface area (Å²) >= 11 is 1.53. The molecule has 150 valence electrons. The topological polar surface area (TPSA) is 42.0 Å². The molecule has 6 heteroatoms. The van der Waals surface area contributed by atoms with Crippen LogP contribution in [0.25, 0.3) is 0 Å². The predicted octanol–water partition coefficient (Wildman–Crippen LogP) is 3.76. The van der Waals surface area contributed by atoms with E-state index in [2.05, 4.69) is 36.9 Å². The van der Waals surface area contributed by atoms with Crippen LogP contribution in [0.5, 0.6) is 11.5 Å². The summed E-state index contributed by atoms with van der Waals surface area (Å²) in [6.07, 6.45) is 0. The minimum Gasteiger partial charge on any atom is -0.493 e. The molecule has 1 amide bonds. The second kappa shape index (κ2) is 9.24. The van der Waals surface area contributed by atoms with Crippen molar-refractivity contribution < 1.29 is 14.3 Å². The van der Waals surface area contributed by atoms with E-state index in [1.807, 2.05) is 23.1 Å². The molecule has 5 nitrogen and oxygen atoms in total. The number of carbonyl (C=O) groups excluding carboxylic acids is 1. The molecule has 0 N–H and O–H groups in total. The summed E-state index contributed by atoms with van der Waals surface area (Å²) in [5.41, 5.74) is 3.92. The predicted molar refractivity (Wildman–Crippen MR) is 115 cm³/mol. The minimum atomic E-state index is 0.181. The van der Waals surface area contributed by atoms with Crippen LogP contribution < -0.4 is 14.4 Å². The molecule has 0 spiro atoms. The third kappa shape index (κ3) is 4.55. The number of methoxy groups -OCH3 is 2. The van der Waals surface area contributed by atoms with Crippen molar-refractivity contribution in [3.05, 3.63) is 47.5 Å². The van der Waals surface area contributed by atoms with E-state index in [9.17, 15) is 4.79 Å². The Labute approximate surface area is 171 Å². The van der Waals surface area contributed by atoms with Crippen LogP contribution in [0.4, 0.5) is 5.69 Å². The highest BCUT2D eigenvalue weighted by molar-refractivity contribution is 8.00. The second-order valence-electron chi connectivity index (χ2n) is 6.89. The molecule has 28 heavy (non-hydrogen) atoms. The van der Waals surface area contributed by atoms with Crippen LogP contribution in [0.15, 0.2) is 41.3 Å². The SMILES string of the molecule is COc1ccc(SCC(=O)N2CCN(c3cccc(C)c3C)CC2)cc1OC. The third-order valence-corrected chi connectivity index (χ3v) is 6.24. The number of nitrogens with zero attached hydrogens (tertiary/aromatic N) is 2. The summed E-state index contributed by atoms with van der Waals surface area (Å²) in [7, 11) is 3.24. The highest BCUT2D eigenvalue weighted by Crippen LogP contribution is 2.32. The molecule has 2 aromatic carbocycles. The molecule has 0 bridgehead atoms. The highest BCUT2D eigenvalue weighted by atomic mass is 32.2. The standard InChI is InChI=1S/C22H28N2O3S/c1-16-6-5-7-19(17(16)2)23-10-12-24(13-11-23)22(25)15-28-18-8-9-20(26-3)21(14-18)27-4/h5-9,14H,10-13,15H2,1-4H3. The molecule has 1 heterocycles. The first-order chi connectivity index (χ1) is 13.5. The minimum absolute atomic E-state index is 0.181. The van der Waals surface area contributed by atoms with Gasteiger partial charge in [0.05, 0.1) is 20.0 Å². The summed E-state index contributed by atoms with van der Waals surface area (Å²) in [6.45, 7) is 7.58. The van der Waals surface area contributed by atoms with Crippen molar-refractivity contribution in [3.63, 3.8) is 0 Å². The van der Waals surface area contributed by atoms with Gasteiger partial charge in [-0.2, -0.15) is 0 Å². The zero-order valence-corrected chi connectivity index (χ0v) is 17.8. The molecule has 3 rings (SSSR count). The molecular formula is C22H28N2O3S. The zero-order valence-electron chi connectivity index (χ0n) is 17.0. The molecule has 1 aliphatic rings. The summed E-state index contributed by atoms with van der Waals surface area (Å²) in [4.78, 5) is 18.0. The fourth-order valence-corrected chi connectivity index (χ4v) is 4.24. The maximum atomic E-state index is 12.6. The zero-order chi connectivity index (χ0) is 20.1. The van der Waals surface area contributed by atoms with Crippen LogP contribution in [0, 0.1) is 13.8 Å². The maximum absolute atomic E-state index is 12.6. The van der Waals surface area contributed by atoms with E-state index < -0.39 is 0 Å². The molecule has 0 aliphatic carbocycles. The van der Waals surface area contributed by atoms with Gasteiger partial charge in [-0.15, -0.1) is 11.8 Å². The Hall–Kier alpha value is -2.34. The average molecular weight is 401 g/mol. The lowest BCUT2D eigenvalue weighted by Gasteiger charge is -2.37. The normalized spacial score (nSPS) is 14.1. The number of anilines is 1. The van der Waals surface area contributed by atoms with Gasteiger partial charge in [-0.1, -0.05) is 12.1 Å². The first-order valence-electron chi connectivity index (χ1n) is 9.47. The van der Waals surface area contributed by atoms with Crippen LogP contribution in [0.3, 0.4) is 0 Å². The van der Waals surface area contributed by atoms with E-state index in [4.69, 9.17) is 9.47 Å². The van der Waals surface area contributed by atoms with Crippen molar-refractivity contribution >= 4 is 23.4 Å². The number of hydrogen-bond donors (Lipinski definition) is 0. The molecule has 0 unspecified atom stereocenters. The first kappa shape index (κ1) is 20.4. The second-order valence-corrected chi connectivity index (χ2v) is 7.94. The molecular weight excluding hydrogens is 372 g/mol. The van der Waals surface area contributed by atoms with Gasteiger partial charge in [0.15, 0.2) is 11.5 Å². The maximum Gasteiger partial charge on any atom is 0.233 e. The van der Waals surface area contributed by atoms with Crippen molar-refractivity contribution in [1.82, 2.24) is 4.90 Å². The largest absolute Gasteiger partial charge is 0.493 e. The Balaban J connectivity index is 1.53. The number of benzene rings is 2. The summed E-state index contributed by atoms with van der Waals surface area (Å²) in [6, 6.07) is 12.2. The number of aryl methyl sites for hydroxylation is 1. The fraction of sp³-hybridized carbons (Fsp3) is 0.409. The Morgan fingerprint density at radius 1 is 1.00 bits per heavy atom. The number of thioether (sulfide) groups is 1. The van der Waals surface area contributed by atoms with Crippen molar-refractivity contribution in [1.29, 1.82) is 0 Å². The van der Waals surface area contributed by atoms with Crippen molar-refractivity contribution in [3.8, 4) is 11.5 Å². The van der Waals surface area contributed by atoms with Gasteiger partial charge in [0.25, 0.3) is 0 Å². The lowest BCUT2D eigenvalue weighted by atomic mass is 10.1. The van der Waals surface area contributed by atoms with Crippen molar-refractivity contribution in [2.75, 3.05) is 51.1 Å². The van der Waals surface area contributed by atoms with Crippen LogP contribution in [0.2, 0.25) is 0 Å². The van der Waals surface area contributed by atoms with Crippen molar-refractivity contribution in [2.24, 2.45) is 0 Å². The highest BCUT2D eigenvalue weighted by Gasteiger charge is 2.22. The van der Waals surface area contributed by atoms with Crippen molar-refractivity contribution in [2.45, 2.75) is 18.7 Å². The first-order valence-corrected chi connectivity index (χ1v) is 10.5.